The number of rotatable bonds is 6. The first-order chi connectivity index (χ1) is 17.9. The van der Waals surface area contributed by atoms with Crippen molar-refractivity contribution in [1.29, 1.82) is 0 Å². The topological polar surface area (TPSA) is 150 Å². The molecule has 0 spiro atoms. The fraction of sp³-hybridized carbons (Fsp3) is 0.174. The number of amidine groups is 1. The summed E-state index contributed by atoms with van der Waals surface area (Å²) in [6, 6.07) is 12.8. The maximum absolute atomic E-state index is 14.2. The summed E-state index contributed by atoms with van der Waals surface area (Å²) in [4.78, 5) is 13.3. The van der Waals surface area contributed by atoms with Crippen LogP contribution in [-0.4, -0.2) is 45.8 Å². The highest BCUT2D eigenvalue weighted by Gasteiger charge is 2.39. The van der Waals surface area contributed by atoms with Crippen LogP contribution in [0.2, 0.25) is 0 Å². The molecule has 186 valence electrons. The van der Waals surface area contributed by atoms with Gasteiger partial charge in [-0.3, -0.25) is 5.73 Å². The Morgan fingerprint density at radius 1 is 0.946 bits per heavy atom. The van der Waals surface area contributed by atoms with Crippen molar-refractivity contribution in [2.45, 2.75) is 25.8 Å². The van der Waals surface area contributed by atoms with Gasteiger partial charge in [0.1, 0.15) is 17.5 Å². The first-order valence-corrected chi connectivity index (χ1v) is 11.3. The number of hydrogen-bond acceptors (Lipinski definition) is 10. The fourth-order valence-corrected chi connectivity index (χ4v) is 4.09. The molecule has 12 nitrogen and oxygen atoms in total. The van der Waals surface area contributed by atoms with Crippen molar-refractivity contribution in [3.8, 4) is 0 Å². The molecule has 14 heteroatoms. The summed E-state index contributed by atoms with van der Waals surface area (Å²) in [6.45, 7) is 1.99. The molecule has 0 saturated heterocycles. The Bertz CT molecular complexity index is 1660. The van der Waals surface area contributed by atoms with Gasteiger partial charge in [-0.2, -0.15) is 4.98 Å². The number of fused-ring (bicyclic) bond motifs is 2. The van der Waals surface area contributed by atoms with Crippen molar-refractivity contribution in [3.05, 3.63) is 83.2 Å². The van der Waals surface area contributed by atoms with Crippen LogP contribution in [0, 0.1) is 11.6 Å². The lowest BCUT2D eigenvalue weighted by Crippen LogP contribution is -2.47. The Kier molecular flexibility index (Phi) is 5.30. The minimum absolute atomic E-state index is 0.125. The van der Waals surface area contributed by atoms with Crippen LogP contribution < -0.4 is 16.4 Å². The van der Waals surface area contributed by atoms with Gasteiger partial charge >= 0.3 is 0 Å². The molecule has 0 amide bonds. The molecule has 3 aromatic heterocycles. The predicted molar refractivity (Wildman–Crippen MR) is 130 cm³/mol. The number of hydrogen-bond donors (Lipinski definition) is 3. The second kappa shape index (κ2) is 8.67. The van der Waals surface area contributed by atoms with E-state index in [1.807, 2.05) is 0 Å². The summed E-state index contributed by atoms with van der Waals surface area (Å²) in [6.07, 6.45) is 1.48. The molecule has 1 aliphatic heterocycles. The van der Waals surface area contributed by atoms with Crippen LogP contribution in [0.25, 0.3) is 11.2 Å². The lowest BCUT2D eigenvalue weighted by Gasteiger charge is -2.29. The van der Waals surface area contributed by atoms with Crippen LogP contribution in [0.5, 0.6) is 0 Å². The molecule has 1 aliphatic rings. The second-order valence-corrected chi connectivity index (χ2v) is 8.49. The molecule has 0 fully saturated rings. The molecule has 0 bridgehead atoms. The summed E-state index contributed by atoms with van der Waals surface area (Å²) in [5.41, 5.74) is 8.59. The maximum atomic E-state index is 14.2. The largest absolute Gasteiger partial charge is 0.327 e. The number of nitrogens with one attached hydrogen (secondary N) is 2. The highest BCUT2D eigenvalue weighted by Crippen LogP contribution is 2.31. The van der Waals surface area contributed by atoms with Crippen LogP contribution in [0.15, 0.2) is 59.7 Å². The molecule has 4 heterocycles. The summed E-state index contributed by atoms with van der Waals surface area (Å²) in [5, 5.41) is 22.6. The molecule has 2 aromatic carbocycles. The van der Waals surface area contributed by atoms with E-state index in [4.69, 9.17) is 5.73 Å². The van der Waals surface area contributed by atoms with Gasteiger partial charge in [0, 0.05) is 11.1 Å². The Balaban J connectivity index is 1.32. The monoisotopic (exact) mass is 502 g/mol. The zero-order chi connectivity index (χ0) is 25.6. The molecule has 1 atom stereocenters. The molecule has 5 aromatic rings. The zero-order valence-electron chi connectivity index (χ0n) is 19.5. The molecule has 0 aliphatic carbocycles. The van der Waals surface area contributed by atoms with Gasteiger partial charge in [-0.25, -0.2) is 28.1 Å². The Labute approximate surface area is 208 Å². The number of anilines is 2. The van der Waals surface area contributed by atoms with E-state index >= 15 is 0 Å². The van der Waals surface area contributed by atoms with E-state index in [-0.39, 0.29) is 36.4 Å². The standard InChI is InChI=1S/C23H20F2N12/c1-13-28-21-19(33-35-37(21)12-15-7-3-5-9-17(15)25)23(26,30-13)31-22-27-10-18-20(29-22)36(34-32-18)11-14-6-2-4-8-16(14)24/h2-10H,11-12,26H2,1H3,(H,28,30)(H,27,29,31). The Hall–Kier alpha value is -4.85. The quantitative estimate of drug-likeness (QED) is 0.297. The van der Waals surface area contributed by atoms with Crippen molar-refractivity contribution in [3.63, 3.8) is 0 Å². The van der Waals surface area contributed by atoms with Crippen molar-refractivity contribution in [1.82, 2.24) is 40.0 Å². The molecule has 6 rings (SSSR count). The van der Waals surface area contributed by atoms with Crippen LogP contribution in [0.4, 0.5) is 20.5 Å². The van der Waals surface area contributed by atoms with E-state index in [0.29, 0.717) is 33.9 Å². The average molecular weight is 502 g/mol. The Morgan fingerprint density at radius 2 is 1.59 bits per heavy atom. The summed E-state index contributed by atoms with van der Waals surface area (Å²) < 4.78 is 31.4. The van der Waals surface area contributed by atoms with E-state index in [9.17, 15) is 8.78 Å². The molecular formula is C23H20F2N12. The van der Waals surface area contributed by atoms with Crippen LogP contribution in [-0.2, 0) is 18.9 Å². The second-order valence-electron chi connectivity index (χ2n) is 8.49. The van der Waals surface area contributed by atoms with E-state index in [0.717, 1.165) is 0 Å². The molecule has 37 heavy (non-hydrogen) atoms. The van der Waals surface area contributed by atoms with Gasteiger partial charge < -0.3 is 10.6 Å². The molecule has 0 radical (unpaired) electrons. The van der Waals surface area contributed by atoms with Gasteiger partial charge in [-0.1, -0.05) is 46.8 Å². The highest BCUT2D eigenvalue weighted by atomic mass is 19.1. The van der Waals surface area contributed by atoms with E-state index in [1.54, 1.807) is 43.3 Å². The van der Waals surface area contributed by atoms with Gasteiger partial charge in [0.15, 0.2) is 22.7 Å². The lowest BCUT2D eigenvalue weighted by atomic mass is 10.2. The maximum Gasteiger partial charge on any atom is 0.236 e. The number of nitrogens with zero attached hydrogens (tertiary/aromatic N) is 9. The SMILES string of the molecule is CC1=NC(N)(Nc2ncc3nnn(Cc4ccccc4F)c3n2)c2nnn(Cc3ccccc3F)c2N1. The number of benzene rings is 2. The highest BCUT2D eigenvalue weighted by molar-refractivity contribution is 5.95. The molecule has 1 unspecified atom stereocenters. The van der Waals surface area contributed by atoms with Crippen molar-refractivity contribution in [2.75, 3.05) is 10.6 Å². The van der Waals surface area contributed by atoms with Gasteiger partial charge in [0.05, 0.1) is 19.3 Å². The number of aromatic nitrogens is 8. The number of halogens is 2. The molecular weight excluding hydrogens is 482 g/mol. The van der Waals surface area contributed by atoms with Crippen LogP contribution in [0.3, 0.4) is 0 Å². The van der Waals surface area contributed by atoms with Gasteiger partial charge in [-0.05, 0) is 19.1 Å². The summed E-state index contributed by atoms with van der Waals surface area (Å²) >= 11 is 0. The smallest absolute Gasteiger partial charge is 0.236 e. The third-order valence-electron chi connectivity index (χ3n) is 5.85. The summed E-state index contributed by atoms with van der Waals surface area (Å²) in [7, 11) is 0. The first-order valence-electron chi connectivity index (χ1n) is 11.3. The first kappa shape index (κ1) is 22.6. The number of nitrogens with two attached hydrogens (primary N) is 1. The van der Waals surface area contributed by atoms with Crippen molar-refractivity contribution < 1.29 is 8.78 Å². The van der Waals surface area contributed by atoms with Gasteiger partial charge in [0.25, 0.3) is 0 Å². The molecule has 4 N–H and O–H groups in total. The number of aliphatic imine (C=N–C) groups is 1. The van der Waals surface area contributed by atoms with Crippen molar-refractivity contribution in [2.24, 2.45) is 10.7 Å². The lowest BCUT2D eigenvalue weighted by molar-refractivity contribution is 0.515. The minimum Gasteiger partial charge on any atom is -0.327 e. The van der Waals surface area contributed by atoms with E-state index < -0.39 is 5.79 Å². The van der Waals surface area contributed by atoms with E-state index in [1.165, 1.54) is 27.7 Å². The van der Waals surface area contributed by atoms with Gasteiger partial charge in [0.2, 0.25) is 11.7 Å². The summed E-state index contributed by atoms with van der Waals surface area (Å²) in [5.74, 6) is -1.22. The third kappa shape index (κ3) is 4.12. The average Bonchev–Trinajstić information content (AvgIpc) is 3.46. The fourth-order valence-electron chi connectivity index (χ4n) is 4.09. The van der Waals surface area contributed by atoms with E-state index in [2.05, 4.69) is 46.2 Å². The molecule has 0 saturated carbocycles. The van der Waals surface area contributed by atoms with Crippen molar-refractivity contribution >= 4 is 28.8 Å². The third-order valence-corrected chi connectivity index (χ3v) is 5.85. The predicted octanol–water partition coefficient (Wildman–Crippen LogP) is 2.21. The van der Waals surface area contributed by atoms with Gasteiger partial charge in [-0.15, -0.1) is 10.2 Å². The Morgan fingerprint density at radius 3 is 2.30 bits per heavy atom. The normalized spacial score (nSPS) is 16.8. The zero-order valence-corrected chi connectivity index (χ0v) is 19.5. The minimum atomic E-state index is -1.57. The van der Waals surface area contributed by atoms with Crippen LogP contribution >= 0.6 is 0 Å². The van der Waals surface area contributed by atoms with Crippen LogP contribution in [0.1, 0.15) is 23.7 Å².